The molecule has 0 bridgehead atoms. The molecule has 30 heavy (non-hydrogen) atoms. The molecule has 2 aromatic heterocycles. The Labute approximate surface area is 171 Å². The number of carbonyl (C=O) groups excluding carboxylic acids is 1. The number of hydrogen-bond donors (Lipinski definition) is 0. The molecule has 3 heterocycles. The summed E-state index contributed by atoms with van der Waals surface area (Å²) < 4.78 is 40.0. The van der Waals surface area contributed by atoms with Crippen LogP contribution < -0.4 is 9.80 Å². The summed E-state index contributed by atoms with van der Waals surface area (Å²) in [5, 5.41) is 10.8. The van der Waals surface area contributed by atoms with Crippen LogP contribution in [0.25, 0.3) is 5.65 Å². The molecule has 1 aromatic carbocycles. The number of nitrogens with zero attached hydrogens (tertiary/aromatic N) is 6. The molecule has 1 aliphatic rings. The van der Waals surface area contributed by atoms with Crippen LogP contribution in [-0.4, -0.2) is 45.9 Å². The minimum atomic E-state index is -4.63. The van der Waals surface area contributed by atoms with Crippen LogP contribution in [0.5, 0.6) is 0 Å². The molecule has 1 saturated heterocycles. The lowest BCUT2D eigenvalue weighted by molar-refractivity contribution is -0.146. The second-order valence-electron chi connectivity index (χ2n) is 7.48. The normalized spacial score (nSPS) is 15.6. The Hall–Kier alpha value is -3.17. The van der Waals surface area contributed by atoms with Crippen molar-refractivity contribution in [2.24, 2.45) is 5.92 Å². The van der Waals surface area contributed by atoms with Crippen molar-refractivity contribution < 1.29 is 18.0 Å². The molecule has 0 unspecified atom stereocenters. The Morgan fingerprint density at radius 3 is 2.37 bits per heavy atom. The van der Waals surface area contributed by atoms with E-state index in [1.807, 2.05) is 36.1 Å². The van der Waals surface area contributed by atoms with E-state index in [1.165, 1.54) is 6.07 Å². The van der Waals surface area contributed by atoms with Crippen LogP contribution in [0.4, 0.5) is 24.7 Å². The quantitative estimate of drug-likeness (QED) is 0.653. The number of hydrogen-bond acceptors (Lipinski definition) is 5. The summed E-state index contributed by atoms with van der Waals surface area (Å²) >= 11 is 0. The molecule has 3 aromatic rings. The first-order valence-corrected chi connectivity index (χ1v) is 9.63. The fourth-order valence-corrected chi connectivity index (χ4v) is 3.65. The van der Waals surface area contributed by atoms with E-state index >= 15 is 0 Å². The number of rotatable bonds is 3. The third-order valence-corrected chi connectivity index (χ3v) is 5.42. The molecule has 7 nitrogen and oxygen atoms in total. The van der Waals surface area contributed by atoms with Gasteiger partial charge in [-0.1, -0.05) is 17.7 Å². The molecule has 0 radical (unpaired) electrons. The van der Waals surface area contributed by atoms with Gasteiger partial charge >= 0.3 is 6.18 Å². The van der Waals surface area contributed by atoms with Gasteiger partial charge in [0.05, 0.1) is 0 Å². The van der Waals surface area contributed by atoms with E-state index in [-0.39, 0.29) is 17.5 Å². The second-order valence-corrected chi connectivity index (χ2v) is 7.48. The number of piperidine rings is 1. The molecule has 1 amide bonds. The lowest BCUT2D eigenvalue weighted by Crippen LogP contribution is -2.41. The van der Waals surface area contributed by atoms with Gasteiger partial charge in [-0.05, 0) is 44.0 Å². The van der Waals surface area contributed by atoms with Crippen molar-refractivity contribution in [3.63, 3.8) is 0 Å². The lowest BCUT2D eigenvalue weighted by Gasteiger charge is -2.33. The van der Waals surface area contributed by atoms with Crippen LogP contribution in [0.15, 0.2) is 36.4 Å². The zero-order valence-electron chi connectivity index (χ0n) is 16.6. The van der Waals surface area contributed by atoms with Crippen molar-refractivity contribution in [3.05, 3.63) is 47.8 Å². The van der Waals surface area contributed by atoms with Crippen LogP contribution in [0, 0.1) is 12.8 Å². The average molecular weight is 418 g/mol. The Balaban J connectivity index is 1.45. The molecular weight excluding hydrogens is 397 g/mol. The van der Waals surface area contributed by atoms with Crippen LogP contribution >= 0.6 is 0 Å². The molecule has 0 spiro atoms. The topological polar surface area (TPSA) is 66.6 Å². The monoisotopic (exact) mass is 418 g/mol. The number of alkyl halides is 3. The summed E-state index contributed by atoms with van der Waals surface area (Å²) in [4.78, 5) is 16.4. The van der Waals surface area contributed by atoms with Gasteiger partial charge in [0, 0.05) is 31.7 Å². The molecule has 1 aliphatic heterocycles. The van der Waals surface area contributed by atoms with Gasteiger partial charge in [-0.2, -0.15) is 17.7 Å². The molecule has 158 valence electrons. The van der Waals surface area contributed by atoms with E-state index in [0.717, 1.165) is 15.8 Å². The van der Waals surface area contributed by atoms with E-state index in [4.69, 9.17) is 0 Å². The lowest BCUT2D eigenvalue weighted by atomic mass is 9.95. The summed E-state index contributed by atoms with van der Waals surface area (Å²) in [6, 6.07) is 10.9. The minimum Gasteiger partial charge on any atom is -0.355 e. The van der Waals surface area contributed by atoms with E-state index in [9.17, 15) is 18.0 Å². The van der Waals surface area contributed by atoms with Crippen LogP contribution in [0.1, 0.15) is 24.2 Å². The molecule has 0 N–H and O–H groups in total. The zero-order valence-corrected chi connectivity index (χ0v) is 16.6. The van der Waals surface area contributed by atoms with Gasteiger partial charge in [-0.25, -0.2) is 0 Å². The van der Waals surface area contributed by atoms with Crippen molar-refractivity contribution in [3.8, 4) is 0 Å². The average Bonchev–Trinajstić information content (AvgIpc) is 3.17. The largest absolute Gasteiger partial charge is 0.453 e. The van der Waals surface area contributed by atoms with Crippen molar-refractivity contribution >= 4 is 23.1 Å². The maximum atomic E-state index is 13.1. The summed E-state index contributed by atoms with van der Waals surface area (Å²) in [5.41, 5.74) is 2.00. The number of aryl methyl sites for hydroxylation is 1. The van der Waals surface area contributed by atoms with Crippen molar-refractivity contribution in [2.75, 3.05) is 29.9 Å². The summed E-state index contributed by atoms with van der Waals surface area (Å²) in [6.07, 6.45) is -3.43. The number of amides is 1. The smallest absolute Gasteiger partial charge is 0.355 e. The molecule has 0 saturated carbocycles. The molecule has 0 aliphatic carbocycles. The minimum absolute atomic E-state index is 0.0378. The highest BCUT2D eigenvalue weighted by Gasteiger charge is 2.38. The standard InChI is InChI=1S/C20H21F3N6O/c1-13-3-5-15(6-4-13)27(2)18(30)14-9-11-28(12-10-14)17-8-7-16-24-25-19(20(21,22)23)29(16)26-17/h3-8,14H,9-12H2,1-2H3. The predicted molar refractivity (Wildman–Crippen MR) is 105 cm³/mol. The fraction of sp³-hybridized carbons (Fsp3) is 0.400. The Bertz CT molecular complexity index is 1050. The zero-order chi connectivity index (χ0) is 21.5. The Morgan fingerprint density at radius 1 is 1.07 bits per heavy atom. The summed E-state index contributed by atoms with van der Waals surface area (Å²) in [7, 11) is 1.76. The SMILES string of the molecule is Cc1ccc(N(C)C(=O)C2CCN(c3ccc4nnc(C(F)(F)F)n4n3)CC2)cc1. The van der Waals surface area contributed by atoms with Gasteiger partial charge in [-0.15, -0.1) is 15.3 Å². The maximum Gasteiger partial charge on any atom is 0.453 e. The Kier molecular flexibility index (Phi) is 5.08. The number of carbonyl (C=O) groups is 1. The first-order valence-electron chi connectivity index (χ1n) is 9.63. The molecule has 10 heteroatoms. The third kappa shape index (κ3) is 3.81. The van der Waals surface area contributed by atoms with Crippen molar-refractivity contribution in [1.82, 2.24) is 19.8 Å². The third-order valence-electron chi connectivity index (χ3n) is 5.42. The van der Waals surface area contributed by atoms with Crippen molar-refractivity contribution in [2.45, 2.75) is 25.9 Å². The molecule has 1 fully saturated rings. The van der Waals surface area contributed by atoms with E-state index < -0.39 is 12.0 Å². The highest BCUT2D eigenvalue weighted by Crippen LogP contribution is 2.29. The first-order chi connectivity index (χ1) is 14.2. The number of aromatic nitrogens is 4. The van der Waals surface area contributed by atoms with Gasteiger partial charge in [0.25, 0.3) is 5.82 Å². The predicted octanol–water partition coefficient (Wildman–Crippen LogP) is 3.33. The van der Waals surface area contributed by atoms with E-state index in [1.54, 1.807) is 18.0 Å². The van der Waals surface area contributed by atoms with Gasteiger partial charge in [-0.3, -0.25) is 4.79 Å². The number of fused-ring (bicyclic) bond motifs is 1. The van der Waals surface area contributed by atoms with Crippen LogP contribution in [0.3, 0.4) is 0 Å². The van der Waals surface area contributed by atoms with Gasteiger partial charge in [0.15, 0.2) is 5.65 Å². The summed E-state index contributed by atoms with van der Waals surface area (Å²) in [5.74, 6) is -0.841. The first kappa shape index (κ1) is 20.1. The van der Waals surface area contributed by atoms with Crippen LogP contribution in [0.2, 0.25) is 0 Å². The van der Waals surface area contributed by atoms with Gasteiger partial charge in [0.1, 0.15) is 5.82 Å². The fourth-order valence-electron chi connectivity index (χ4n) is 3.65. The molecular formula is C20H21F3N6O. The highest BCUT2D eigenvalue weighted by atomic mass is 19.4. The Morgan fingerprint density at radius 2 is 1.73 bits per heavy atom. The van der Waals surface area contributed by atoms with Crippen molar-refractivity contribution in [1.29, 1.82) is 0 Å². The molecule has 4 rings (SSSR count). The number of benzene rings is 1. The number of halogens is 3. The number of anilines is 2. The van der Waals surface area contributed by atoms with Gasteiger partial charge < -0.3 is 9.80 Å². The van der Waals surface area contributed by atoms with E-state index in [2.05, 4.69) is 15.3 Å². The van der Waals surface area contributed by atoms with Gasteiger partial charge in [0.2, 0.25) is 5.91 Å². The summed E-state index contributed by atoms with van der Waals surface area (Å²) in [6.45, 7) is 3.05. The van der Waals surface area contributed by atoms with E-state index in [0.29, 0.717) is 31.7 Å². The second kappa shape index (κ2) is 7.58. The highest BCUT2D eigenvalue weighted by molar-refractivity contribution is 5.94. The maximum absolute atomic E-state index is 13.1. The molecule has 0 atom stereocenters. The van der Waals surface area contributed by atoms with Crippen LogP contribution in [-0.2, 0) is 11.0 Å².